The molecule has 0 saturated carbocycles. The number of rotatable bonds is 9. The third-order valence-electron chi connectivity index (χ3n) is 6.75. The van der Waals surface area contributed by atoms with Crippen LogP contribution in [0.3, 0.4) is 0 Å². The van der Waals surface area contributed by atoms with Crippen LogP contribution < -0.4 is 0 Å². The largest absolute Gasteiger partial charge is 0.481 e. The van der Waals surface area contributed by atoms with Crippen molar-refractivity contribution in [2.24, 2.45) is 11.8 Å². The predicted molar refractivity (Wildman–Crippen MR) is 124 cm³/mol. The SMILES string of the molecule is C=CCN(C(=O)C1N(CCCCCO)C(=O)[C@@H]2[C@@H](C(=O)O)[C@@H]3SC12CC3Br)C(C)(C)C. The monoisotopic (exact) mass is 516 g/mol. The summed E-state index contributed by atoms with van der Waals surface area (Å²) < 4.78 is -0.738. The highest BCUT2D eigenvalue weighted by Crippen LogP contribution is 2.67. The number of fused-ring (bicyclic) bond motifs is 1. The average molecular weight is 517 g/mol. The number of aliphatic hydroxyl groups is 1. The van der Waals surface area contributed by atoms with Crippen molar-refractivity contribution in [3.05, 3.63) is 12.7 Å². The summed E-state index contributed by atoms with van der Waals surface area (Å²) in [5, 5.41) is 18.8. The van der Waals surface area contributed by atoms with Crippen LogP contribution in [-0.4, -0.2) is 83.9 Å². The average Bonchev–Trinajstić information content (AvgIpc) is 3.26. The number of likely N-dealkylation sites (tertiary alicyclic amines) is 1. The fourth-order valence-corrected chi connectivity index (χ4v) is 9.07. The van der Waals surface area contributed by atoms with Gasteiger partial charge in [-0.2, -0.15) is 0 Å². The Bertz CT molecular complexity index is 757. The summed E-state index contributed by atoms with van der Waals surface area (Å²) in [6.07, 6.45) is 4.33. The lowest BCUT2D eigenvalue weighted by Crippen LogP contribution is -2.59. The Labute approximate surface area is 196 Å². The number of amides is 2. The molecule has 3 rings (SSSR count). The van der Waals surface area contributed by atoms with Crippen LogP contribution in [0.1, 0.15) is 46.5 Å². The fraction of sp³-hybridized carbons (Fsp3) is 0.773. The molecule has 0 aromatic heterocycles. The van der Waals surface area contributed by atoms with E-state index in [0.29, 0.717) is 32.4 Å². The molecule has 0 aromatic carbocycles. The number of halogens is 1. The van der Waals surface area contributed by atoms with Crippen LogP contribution in [0.5, 0.6) is 0 Å². The van der Waals surface area contributed by atoms with Gasteiger partial charge in [0.2, 0.25) is 11.8 Å². The van der Waals surface area contributed by atoms with Crippen LogP contribution in [0, 0.1) is 11.8 Å². The maximum atomic E-state index is 14.0. The topological polar surface area (TPSA) is 98.2 Å². The number of unbranched alkanes of at least 4 members (excludes halogenated alkanes) is 2. The Kier molecular flexibility index (Phi) is 7.18. The Morgan fingerprint density at radius 1 is 1.35 bits per heavy atom. The van der Waals surface area contributed by atoms with E-state index in [1.54, 1.807) is 15.9 Å². The number of carbonyl (C=O) groups excluding carboxylic acids is 2. The summed E-state index contributed by atoms with van der Waals surface area (Å²) in [4.78, 5) is 43.1. The van der Waals surface area contributed by atoms with Crippen LogP contribution in [0.15, 0.2) is 12.7 Å². The van der Waals surface area contributed by atoms with Gasteiger partial charge in [0.25, 0.3) is 0 Å². The van der Waals surface area contributed by atoms with E-state index in [-0.39, 0.29) is 28.5 Å². The number of hydrogen-bond donors (Lipinski definition) is 2. The first-order chi connectivity index (χ1) is 14.5. The van der Waals surface area contributed by atoms with Crippen LogP contribution >= 0.6 is 27.7 Å². The molecule has 3 heterocycles. The van der Waals surface area contributed by atoms with Gasteiger partial charge in [0, 0.05) is 35.3 Å². The second kappa shape index (κ2) is 9.06. The summed E-state index contributed by atoms with van der Waals surface area (Å²) in [7, 11) is 0. The van der Waals surface area contributed by atoms with Crippen molar-refractivity contribution in [2.75, 3.05) is 19.7 Å². The molecule has 2 bridgehead atoms. The van der Waals surface area contributed by atoms with Gasteiger partial charge < -0.3 is 20.0 Å². The number of alkyl halides is 1. The van der Waals surface area contributed by atoms with Crippen molar-refractivity contribution in [1.82, 2.24) is 9.80 Å². The van der Waals surface area contributed by atoms with Crippen LogP contribution in [0.25, 0.3) is 0 Å². The Morgan fingerprint density at radius 3 is 2.58 bits per heavy atom. The van der Waals surface area contributed by atoms with Gasteiger partial charge in [-0.3, -0.25) is 14.4 Å². The van der Waals surface area contributed by atoms with Gasteiger partial charge in [-0.15, -0.1) is 18.3 Å². The number of aliphatic hydroxyl groups excluding tert-OH is 1. The second-order valence-corrected chi connectivity index (χ2v) is 12.4. The van der Waals surface area contributed by atoms with Crippen molar-refractivity contribution in [3.63, 3.8) is 0 Å². The van der Waals surface area contributed by atoms with Crippen LogP contribution in [-0.2, 0) is 14.4 Å². The van der Waals surface area contributed by atoms with Crippen molar-refractivity contribution < 1.29 is 24.6 Å². The maximum Gasteiger partial charge on any atom is 0.308 e. The third kappa shape index (κ3) is 4.06. The summed E-state index contributed by atoms with van der Waals surface area (Å²) in [5.74, 6) is -2.79. The lowest BCUT2D eigenvalue weighted by molar-refractivity contribution is -0.148. The first-order valence-electron chi connectivity index (χ1n) is 10.9. The van der Waals surface area contributed by atoms with Crippen molar-refractivity contribution in [1.29, 1.82) is 0 Å². The number of hydrogen-bond acceptors (Lipinski definition) is 5. The molecule has 0 aromatic rings. The van der Waals surface area contributed by atoms with Crippen molar-refractivity contribution >= 4 is 45.5 Å². The molecule has 2 N–H and O–H groups in total. The number of carbonyl (C=O) groups is 3. The minimum absolute atomic E-state index is 0.0465. The number of thioether (sulfide) groups is 1. The van der Waals surface area contributed by atoms with Crippen molar-refractivity contribution in [2.45, 2.75) is 72.9 Å². The molecule has 6 atom stereocenters. The maximum absolute atomic E-state index is 14.0. The first kappa shape index (κ1) is 24.6. The smallest absolute Gasteiger partial charge is 0.308 e. The molecule has 174 valence electrons. The summed E-state index contributed by atoms with van der Waals surface area (Å²) >= 11 is 5.17. The van der Waals surface area contributed by atoms with Crippen molar-refractivity contribution in [3.8, 4) is 0 Å². The lowest BCUT2D eigenvalue weighted by Gasteiger charge is -2.42. The van der Waals surface area contributed by atoms with E-state index >= 15 is 0 Å². The summed E-state index contributed by atoms with van der Waals surface area (Å²) in [5.41, 5.74) is -0.465. The fourth-order valence-electron chi connectivity index (χ4n) is 5.47. The van der Waals surface area contributed by atoms with Gasteiger partial charge in [-0.1, -0.05) is 22.0 Å². The molecule has 3 aliphatic heterocycles. The van der Waals surface area contributed by atoms with E-state index in [2.05, 4.69) is 22.5 Å². The molecule has 3 aliphatic rings. The third-order valence-corrected chi connectivity index (χ3v) is 9.97. The minimum atomic E-state index is -0.964. The predicted octanol–water partition coefficient (Wildman–Crippen LogP) is 2.51. The molecule has 9 heteroatoms. The van der Waals surface area contributed by atoms with E-state index in [1.165, 1.54) is 11.8 Å². The zero-order chi connectivity index (χ0) is 23.1. The highest BCUT2D eigenvalue weighted by atomic mass is 79.9. The van der Waals surface area contributed by atoms with Crippen LogP contribution in [0.4, 0.5) is 0 Å². The normalized spacial score (nSPS) is 34.2. The Hall–Kier alpha value is -1.06. The van der Waals surface area contributed by atoms with Gasteiger partial charge in [0.05, 0.1) is 16.6 Å². The highest BCUT2D eigenvalue weighted by Gasteiger charge is 2.76. The Balaban J connectivity index is 2.03. The van der Waals surface area contributed by atoms with E-state index in [0.717, 1.165) is 6.42 Å². The number of carboxylic acid groups (broad SMARTS) is 1. The minimum Gasteiger partial charge on any atom is -0.481 e. The molecule has 0 aliphatic carbocycles. The van der Waals surface area contributed by atoms with Gasteiger partial charge in [0.15, 0.2) is 0 Å². The van der Waals surface area contributed by atoms with Gasteiger partial charge in [-0.05, 0) is 46.5 Å². The molecule has 7 nitrogen and oxygen atoms in total. The molecule has 1 spiro atoms. The van der Waals surface area contributed by atoms with Gasteiger partial charge in [-0.25, -0.2) is 0 Å². The van der Waals surface area contributed by atoms with E-state index in [1.807, 2.05) is 20.8 Å². The molecule has 3 saturated heterocycles. The highest BCUT2D eigenvalue weighted by molar-refractivity contribution is 9.09. The molecule has 3 unspecified atom stereocenters. The van der Waals surface area contributed by atoms with Crippen LogP contribution in [0.2, 0.25) is 0 Å². The molecule has 0 radical (unpaired) electrons. The molecule has 2 amide bonds. The molecule has 3 fully saturated rings. The standard InChI is InChI=1S/C22H33BrN2O5S/c1-5-9-25(21(2,3)4)19(28)17-22-12-13(23)16(31-22)14(20(29)30)15(22)18(27)24(17)10-7-6-8-11-26/h5,13-17,26H,1,6-12H2,2-4H3,(H,29,30)/t13?,14-,15+,16-,17?,22?/m1/s1. The van der Waals surface area contributed by atoms with E-state index < -0.39 is 34.1 Å². The van der Waals surface area contributed by atoms with E-state index in [9.17, 15) is 19.5 Å². The molecular weight excluding hydrogens is 484 g/mol. The van der Waals surface area contributed by atoms with E-state index in [4.69, 9.17) is 5.11 Å². The summed E-state index contributed by atoms with van der Waals surface area (Å²) in [6.45, 7) is 10.5. The number of aliphatic carboxylic acids is 1. The number of carboxylic acids is 1. The quantitative estimate of drug-likeness (QED) is 0.277. The molecule has 31 heavy (non-hydrogen) atoms. The zero-order valence-corrected chi connectivity index (χ0v) is 20.8. The van der Waals surface area contributed by atoms with Gasteiger partial charge >= 0.3 is 5.97 Å². The first-order valence-corrected chi connectivity index (χ1v) is 12.7. The zero-order valence-electron chi connectivity index (χ0n) is 18.4. The number of nitrogens with zero attached hydrogens (tertiary/aromatic N) is 2. The van der Waals surface area contributed by atoms with Gasteiger partial charge in [0.1, 0.15) is 6.04 Å². The Morgan fingerprint density at radius 2 is 2.03 bits per heavy atom. The lowest BCUT2D eigenvalue weighted by atomic mass is 9.71. The molecular formula is C22H33BrN2O5S. The summed E-state index contributed by atoms with van der Waals surface area (Å²) in [6, 6.07) is -0.697. The second-order valence-electron chi connectivity index (χ2n) is 9.73.